The molecule has 0 aromatic heterocycles. The lowest BCUT2D eigenvalue weighted by Crippen LogP contribution is -2.45. The summed E-state index contributed by atoms with van der Waals surface area (Å²) in [5.41, 5.74) is 0. The number of carbonyl (C=O) groups excluding carboxylic acids is 2. The quantitative estimate of drug-likeness (QED) is 0.510. The highest BCUT2D eigenvalue weighted by atomic mass is 32.2. The van der Waals surface area contributed by atoms with Gasteiger partial charge in [0.25, 0.3) is 0 Å². The van der Waals surface area contributed by atoms with Crippen molar-refractivity contribution in [3.05, 3.63) is 0 Å². The van der Waals surface area contributed by atoms with Crippen molar-refractivity contribution in [1.29, 1.82) is 0 Å². The van der Waals surface area contributed by atoms with Gasteiger partial charge in [0.2, 0.25) is 0 Å². The number of morpholine rings is 1. The van der Waals surface area contributed by atoms with Crippen molar-refractivity contribution in [2.75, 3.05) is 31.1 Å². The Hall–Kier alpha value is -0.550. The van der Waals surface area contributed by atoms with E-state index in [-0.39, 0.29) is 13.1 Å². The zero-order valence-corrected chi connectivity index (χ0v) is 9.42. The number of hydrogen-bond acceptors (Lipinski definition) is 5. The van der Waals surface area contributed by atoms with Crippen molar-refractivity contribution in [1.82, 2.24) is 4.90 Å². The molecule has 0 radical (unpaired) electrons. The summed E-state index contributed by atoms with van der Waals surface area (Å²) in [6.07, 6.45) is 2.40. The number of cyclic esters (lactones) is 2. The van der Waals surface area contributed by atoms with Crippen LogP contribution in [0.5, 0.6) is 0 Å². The third kappa shape index (κ3) is 3.21. The van der Waals surface area contributed by atoms with Crippen molar-refractivity contribution in [2.45, 2.75) is 12.8 Å². The lowest BCUT2D eigenvalue weighted by Gasteiger charge is -2.30. The molecule has 5 heteroatoms. The second kappa shape index (κ2) is 4.99. The predicted molar refractivity (Wildman–Crippen MR) is 57.6 cm³/mol. The molecular weight excluding hydrogens is 214 g/mol. The van der Waals surface area contributed by atoms with Crippen molar-refractivity contribution >= 4 is 23.7 Å². The van der Waals surface area contributed by atoms with Gasteiger partial charge < -0.3 is 4.74 Å². The molecule has 0 aromatic carbocycles. The second-order valence-electron chi connectivity index (χ2n) is 4.07. The largest absolute Gasteiger partial charge is 0.391 e. The van der Waals surface area contributed by atoms with E-state index in [1.54, 1.807) is 0 Å². The molecule has 84 valence electrons. The average molecular weight is 229 g/mol. The van der Waals surface area contributed by atoms with Gasteiger partial charge in [-0.05, 0) is 30.3 Å². The van der Waals surface area contributed by atoms with Crippen LogP contribution >= 0.6 is 11.8 Å². The molecule has 0 aromatic rings. The fourth-order valence-electron chi connectivity index (χ4n) is 2.04. The molecule has 0 unspecified atom stereocenters. The Morgan fingerprint density at radius 3 is 2.40 bits per heavy atom. The Morgan fingerprint density at radius 2 is 1.80 bits per heavy atom. The van der Waals surface area contributed by atoms with E-state index >= 15 is 0 Å². The van der Waals surface area contributed by atoms with Crippen LogP contribution in [0.1, 0.15) is 12.8 Å². The highest BCUT2D eigenvalue weighted by molar-refractivity contribution is 7.99. The molecule has 0 bridgehead atoms. The van der Waals surface area contributed by atoms with Crippen molar-refractivity contribution in [2.24, 2.45) is 5.92 Å². The second-order valence-corrected chi connectivity index (χ2v) is 5.30. The fraction of sp³-hybridized carbons (Fsp3) is 0.800. The van der Waals surface area contributed by atoms with Crippen LogP contribution in [0.3, 0.4) is 0 Å². The molecule has 0 amide bonds. The molecule has 0 spiro atoms. The summed E-state index contributed by atoms with van der Waals surface area (Å²) in [5, 5.41) is 0. The van der Waals surface area contributed by atoms with Gasteiger partial charge in [-0.3, -0.25) is 14.5 Å². The van der Waals surface area contributed by atoms with Gasteiger partial charge in [0.05, 0.1) is 13.1 Å². The molecule has 0 aliphatic carbocycles. The van der Waals surface area contributed by atoms with Crippen LogP contribution in [-0.2, 0) is 14.3 Å². The third-order valence-corrected chi connectivity index (χ3v) is 3.84. The maximum absolute atomic E-state index is 11.0. The molecular formula is C10H15NO3S. The lowest BCUT2D eigenvalue weighted by molar-refractivity contribution is -0.167. The molecule has 2 fully saturated rings. The van der Waals surface area contributed by atoms with Crippen LogP contribution in [0.15, 0.2) is 0 Å². The van der Waals surface area contributed by atoms with Crippen LogP contribution < -0.4 is 0 Å². The highest BCUT2D eigenvalue weighted by Crippen LogP contribution is 2.23. The summed E-state index contributed by atoms with van der Waals surface area (Å²) in [4.78, 5) is 24.0. The van der Waals surface area contributed by atoms with Gasteiger partial charge in [0.1, 0.15) is 0 Å². The Kier molecular flexibility index (Phi) is 3.64. The molecule has 0 N–H and O–H groups in total. The standard InChI is InChI=1S/C10H15NO3S/c12-9-6-11(7-10(13)14-9)5-8-1-3-15-4-2-8/h8H,1-7H2. The van der Waals surface area contributed by atoms with Crippen molar-refractivity contribution < 1.29 is 14.3 Å². The number of thioether (sulfide) groups is 1. The Morgan fingerprint density at radius 1 is 1.20 bits per heavy atom. The van der Waals surface area contributed by atoms with Crippen LogP contribution in [0.25, 0.3) is 0 Å². The van der Waals surface area contributed by atoms with Gasteiger partial charge in [-0.15, -0.1) is 0 Å². The molecule has 2 aliphatic heterocycles. The van der Waals surface area contributed by atoms with E-state index in [1.165, 1.54) is 24.3 Å². The fourth-order valence-corrected chi connectivity index (χ4v) is 3.24. The summed E-state index contributed by atoms with van der Waals surface area (Å²) in [7, 11) is 0. The van der Waals surface area contributed by atoms with E-state index in [9.17, 15) is 9.59 Å². The molecule has 0 atom stereocenters. The van der Waals surface area contributed by atoms with Crippen molar-refractivity contribution in [3.63, 3.8) is 0 Å². The molecule has 15 heavy (non-hydrogen) atoms. The van der Waals surface area contributed by atoms with E-state index in [4.69, 9.17) is 0 Å². The summed E-state index contributed by atoms with van der Waals surface area (Å²) in [5.74, 6) is 2.24. The first kappa shape index (κ1) is 11.0. The van der Waals surface area contributed by atoms with E-state index in [2.05, 4.69) is 4.74 Å². The summed E-state index contributed by atoms with van der Waals surface area (Å²) in [6.45, 7) is 1.41. The number of rotatable bonds is 2. The zero-order chi connectivity index (χ0) is 10.7. The minimum Gasteiger partial charge on any atom is -0.391 e. The molecule has 2 rings (SSSR count). The van der Waals surface area contributed by atoms with Crippen LogP contribution in [0, 0.1) is 5.92 Å². The number of esters is 2. The summed E-state index contributed by atoms with van der Waals surface area (Å²) >= 11 is 1.98. The highest BCUT2D eigenvalue weighted by Gasteiger charge is 2.27. The monoisotopic (exact) mass is 229 g/mol. The van der Waals surface area contributed by atoms with Gasteiger partial charge in [-0.2, -0.15) is 11.8 Å². The molecule has 2 heterocycles. The van der Waals surface area contributed by atoms with Gasteiger partial charge in [0, 0.05) is 6.54 Å². The van der Waals surface area contributed by atoms with E-state index in [0.717, 1.165) is 6.54 Å². The topological polar surface area (TPSA) is 46.6 Å². The van der Waals surface area contributed by atoms with E-state index in [0.29, 0.717) is 5.92 Å². The van der Waals surface area contributed by atoms with Crippen LogP contribution in [0.4, 0.5) is 0 Å². The first-order valence-electron chi connectivity index (χ1n) is 5.27. The summed E-state index contributed by atoms with van der Waals surface area (Å²) in [6, 6.07) is 0. The lowest BCUT2D eigenvalue weighted by atomic mass is 10.0. The van der Waals surface area contributed by atoms with Gasteiger partial charge in [0.15, 0.2) is 0 Å². The Bertz CT molecular complexity index is 247. The predicted octanol–water partition coefficient (Wildman–Crippen LogP) is 0.515. The normalized spacial score (nSPS) is 25.3. The van der Waals surface area contributed by atoms with Crippen LogP contribution in [0.2, 0.25) is 0 Å². The number of nitrogens with zero attached hydrogens (tertiary/aromatic N) is 1. The Labute approximate surface area is 93.3 Å². The molecule has 4 nitrogen and oxygen atoms in total. The average Bonchev–Trinajstić information content (AvgIpc) is 2.17. The molecule has 2 saturated heterocycles. The van der Waals surface area contributed by atoms with E-state index < -0.39 is 11.9 Å². The molecule has 0 saturated carbocycles. The molecule has 2 aliphatic rings. The van der Waals surface area contributed by atoms with Crippen LogP contribution in [-0.4, -0.2) is 48.0 Å². The van der Waals surface area contributed by atoms with Crippen molar-refractivity contribution in [3.8, 4) is 0 Å². The van der Waals surface area contributed by atoms with E-state index in [1.807, 2.05) is 16.7 Å². The smallest absolute Gasteiger partial charge is 0.327 e. The first-order valence-corrected chi connectivity index (χ1v) is 6.43. The third-order valence-electron chi connectivity index (χ3n) is 2.79. The maximum Gasteiger partial charge on any atom is 0.327 e. The number of ether oxygens (including phenoxy) is 1. The van der Waals surface area contributed by atoms with Gasteiger partial charge >= 0.3 is 11.9 Å². The van der Waals surface area contributed by atoms with Gasteiger partial charge in [-0.25, -0.2) is 0 Å². The SMILES string of the molecule is O=C1CN(CC2CCSCC2)CC(=O)O1. The number of carbonyl (C=O) groups is 2. The maximum atomic E-state index is 11.0. The number of hydrogen-bond donors (Lipinski definition) is 0. The Balaban J connectivity index is 1.82. The van der Waals surface area contributed by atoms with Gasteiger partial charge in [-0.1, -0.05) is 0 Å². The zero-order valence-electron chi connectivity index (χ0n) is 8.61. The minimum atomic E-state index is -0.406. The minimum absolute atomic E-state index is 0.273. The first-order chi connectivity index (χ1) is 7.24. The summed E-state index contributed by atoms with van der Waals surface area (Å²) < 4.78 is 4.48.